The van der Waals surface area contributed by atoms with Crippen molar-refractivity contribution in [2.75, 3.05) is 18.6 Å². The maximum absolute atomic E-state index is 11.7. The first-order valence-corrected chi connectivity index (χ1v) is 6.72. The molecule has 0 aromatic heterocycles. The Hall–Kier alpha value is -1.24. The first kappa shape index (κ1) is 13.8. The zero-order chi connectivity index (χ0) is 12.8. The van der Waals surface area contributed by atoms with Crippen molar-refractivity contribution in [3.63, 3.8) is 0 Å². The van der Waals surface area contributed by atoms with Crippen LogP contribution in [0.4, 0.5) is 0 Å². The van der Waals surface area contributed by atoms with Crippen LogP contribution in [0.1, 0.15) is 12.8 Å². The summed E-state index contributed by atoms with van der Waals surface area (Å²) in [7, 11) is 0. The normalized spacial score (nSPS) is 20.8. The van der Waals surface area contributed by atoms with Crippen molar-refractivity contribution in [1.29, 1.82) is 0 Å². The number of rotatable bonds is 6. The molecular weight excluding hydrogens is 244 g/mol. The average Bonchev–Trinajstić information content (AvgIpc) is 2.70. The van der Waals surface area contributed by atoms with Gasteiger partial charge < -0.3 is 15.7 Å². The average molecular weight is 260 g/mol. The molecule has 0 aliphatic carbocycles. The Labute approximate surface area is 104 Å². The van der Waals surface area contributed by atoms with Crippen molar-refractivity contribution in [1.82, 2.24) is 10.6 Å². The van der Waals surface area contributed by atoms with Crippen molar-refractivity contribution in [2.24, 2.45) is 5.92 Å². The Morgan fingerprint density at radius 1 is 1.65 bits per heavy atom. The smallest absolute Gasteiger partial charge is 0.326 e. The molecule has 6 nitrogen and oxygen atoms in total. The van der Waals surface area contributed by atoms with E-state index < -0.39 is 17.9 Å². The fourth-order valence-corrected chi connectivity index (χ4v) is 2.04. The second kappa shape index (κ2) is 6.48. The van der Waals surface area contributed by atoms with Gasteiger partial charge in [-0.15, -0.1) is 0 Å². The molecule has 3 N–H and O–H groups in total. The molecule has 1 aliphatic heterocycles. The van der Waals surface area contributed by atoms with Gasteiger partial charge in [-0.3, -0.25) is 9.59 Å². The minimum absolute atomic E-state index is 0.140. The molecule has 1 fully saturated rings. The lowest BCUT2D eigenvalue weighted by Crippen LogP contribution is -2.44. The van der Waals surface area contributed by atoms with Crippen molar-refractivity contribution in [3.05, 3.63) is 0 Å². The van der Waals surface area contributed by atoms with Crippen LogP contribution >= 0.6 is 11.8 Å². The van der Waals surface area contributed by atoms with E-state index >= 15 is 0 Å². The van der Waals surface area contributed by atoms with Gasteiger partial charge in [-0.1, -0.05) is 0 Å². The minimum Gasteiger partial charge on any atom is -0.480 e. The number of thioether (sulfide) groups is 1. The summed E-state index contributed by atoms with van der Waals surface area (Å²) >= 11 is 1.53. The van der Waals surface area contributed by atoms with Crippen LogP contribution in [0, 0.1) is 5.92 Å². The van der Waals surface area contributed by atoms with E-state index in [2.05, 4.69) is 10.6 Å². The minimum atomic E-state index is -1.04. The molecule has 1 saturated heterocycles. The molecule has 0 aromatic rings. The molecule has 1 rings (SSSR count). The summed E-state index contributed by atoms with van der Waals surface area (Å²) in [5.74, 6) is -1.35. The van der Waals surface area contributed by atoms with Crippen molar-refractivity contribution in [3.8, 4) is 0 Å². The maximum Gasteiger partial charge on any atom is 0.326 e. The van der Waals surface area contributed by atoms with E-state index in [9.17, 15) is 14.4 Å². The molecule has 17 heavy (non-hydrogen) atoms. The van der Waals surface area contributed by atoms with Crippen LogP contribution in [0.5, 0.6) is 0 Å². The number of carboxylic acid groups (broad SMARTS) is 1. The quantitative estimate of drug-likeness (QED) is 0.595. The van der Waals surface area contributed by atoms with Gasteiger partial charge in [0.2, 0.25) is 11.8 Å². The van der Waals surface area contributed by atoms with E-state index in [4.69, 9.17) is 5.11 Å². The molecule has 7 heteroatoms. The third-order valence-electron chi connectivity index (χ3n) is 2.57. The van der Waals surface area contributed by atoms with E-state index in [0.29, 0.717) is 18.7 Å². The zero-order valence-electron chi connectivity index (χ0n) is 9.56. The highest BCUT2D eigenvalue weighted by atomic mass is 32.2. The van der Waals surface area contributed by atoms with Gasteiger partial charge in [-0.2, -0.15) is 11.8 Å². The van der Waals surface area contributed by atoms with Crippen molar-refractivity contribution < 1.29 is 19.5 Å². The summed E-state index contributed by atoms with van der Waals surface area (Å²) in [6.07, 6.45) is 2.40. The highest BCUT2D eigenvalue weighted by Gasteiger charge is 2.30. The van der Waals surface area contributed by atoms with Gasteiger partial charge in [0.15, 0.2) is 0 Å². The summed E-state index contributed by atoms with van der Waals surface area (Å²) in [5, 5.41) is 14.0. The topological polar surface area (TPSA) is 95.5 Å². The standard InChI is InChI=1S/C10H16N2O4S/c1-17-3-2-7(10(15)16)12-9(14)6-4-8(13)11-5-6/h6-7H,2-5H2,1H3,(H,11,13)(H,12,14)(H,15,16)/t6?,7-/m0/s1. The largest absolute Gasteiger partial charge is 0.480 e. The Balaban J connectivity index is 2.46. The molecule has 2 atom stereocenters. The summed E-state index contributed by atoms with van der Waals surface area (Å²) < 4.78 is 0. The van der Waals surface area contributed by atoms with E-state index in [1.165, 1.54) is 11.8 Å². The number of hydrogen-bond acceptors (Lipinski definition) is 4. The predicted octanol–water partition coefficient (Wildman–Crippen LogP) is -0.555. The van der Waals surface area contributed by atoms with E-state index in [1.54, 1.807) is 0 Å². The molecular formula is C10H16N2O4S. The predicted molar refractivity (Wildman–Crippen MR) is 63.7 cm³/mol. The third-order valence-corrected chi connectivity index (χ3v) is 3.22. The van der Waals surface area contributed by atoms with Gasteiger partial charge in [0, 0.05) is 13.0 Å². The van der Waals surface area contributed by atoms with Gasteiger partial charge >= 0.3 is 5.97 Å². The molecule has 0 bridgehead atoms. The number of carboxylic acids is 1. The molecule has 0 saturated carbocycles. The summed E-state index contributed by atoms with van der Waals surface area (Å²) in [4.78, 5) is 33.5. The highest BCUT2D eigenvalue weighted by molar-refractivity contribution is 7.98. The van der Waals surface area contributed by atoms with E-state index in [1.807, 2.05) is 6.26 Å². The van der Waals surface area contributed by atoms with Gasteiger partial charge in [0.25, 0.3) is 0 Å². The fraction of sp³-hybridized carbons (Fsp3) is 0.700. The summed E-state index contributed by atoms with van der Waals surface area (Å²) in [6, 6.07) is -0.870. The van der Waals surface area contributed by atoms with Crippen molar-refractivity contribution >= 4 is 29.5 Å². The van der Waals surface area contributed by atoms with Gasteiger partial charge in [0.1, 0.15) is 6.04 Å². The van der Waals surface area contributed by atoms with Gasteiger partial charge in [-0.25, -0.2) is 4.79 Å². The van der Waals surface area contributed by atoms with Gasteiger partial charge in [0.05, 0.1) is 5.92 Å². The summed E-state index contributed by atoms with van der Waals surface area (Å²) in [5.41, 5.74) is 0. The zero-order valence-corrected chi connectivity index (χ0v) is 10.4. The molecule has 1 aliphatic rings. The summed E-state index contributed by atoms with van der Waals surface area (Å²) in [6.45, 7) is 0.291. The number of carbonyl (C=O) groups excluding carboxylic acids is 2. The molecule has 96 valence electrons. The Morgan fingerprint density at radius 2 is 2.35 bits per heavy atom. The number of carbonyl (C=O) groups is 3. The SMILES string of the molecule is CSCC[C@H](NC(=O)C1CNC(=O)C1)C(=O)O. The molecule has 0 spiro atoms. The lowest BCUT2D eigenvalue weighted by Gasteiger charge is -2.16. The molecule has 0 aromatic carbocycles. The first-order chi connectivity index (χ1) is 8.04. The monoisotopic (exact) mass is 260 g/mol. The second-order valence-electron chi connectivity index (χ2n) is 3.89. The Kier molecular flexibility index (Phi) is 5.27. The molecule has 1 heterocycles. The second-order valence-corrected chi connectivity index (χ2v) is 4.87. The van der Waals surface area contributed by atoms with Crippen molar-refractivity contribution in [2.45, 2.75) is 18.9 Å². The molecule has 1 unspecified atom stereocenters. The Morgan fingerprint density at radius 3 is 2.82 bits per heavy atom. The number of hydrogen-bond donors (Lipinski definition) is 3. The highest BCUT2D eigenvalue weighted by Crippen LogP contribution is 2.10. The van der Waals surface area contributed by atoms with Crippen LogP contribution in [-0.2, 0) is 14.4 Å². The lowest BCUT2D eigenvalue weighted by atomic mass is 10.1. The number of nitrogens with one attached hydrogen (secondary N) is 2. The van der Waals surface area contributed by atoms with E-state index in [-0.39, 0.29) is 18.2 Å². The van der Waals surface area contributed by atoms with Crippen LogP contribution in [-0.4, -0.2) is 47.5 Å². The Bertz CT molecular complexity index is 321. The van der Waals surface area contributed by atoms with Crippen LogP contribution in [0.25, 0.3) is 0 Å². The first-order valence-electron chi connectivity index (χ1n) is 5.33. The maximum atomic E-state index is 11.7. The third kappa shape index (κ3) is 4.26. The van der Waals surface area contributed by atoms with Crippen LogP contribution in [0.3, 0.4) is 0 Å². The number of aliphatic carboxylic acids is 1. The lowest BCUT2D eigenvalue weighted by molar-refractivity contribution is -0.142. The van der Waals surface area contributed by atoms with Crippen LogP contribution < -0.4 is 10.6 Å². The van der Waals surface area contributed by atoms with E-state index in [0.717, 1.165) is 0 Å². The van der Waals surface area contributed by atoms with Crippen LogP contribution in [0.2, 0.25) is 0 Å². The molecule has 2 amide bonds. The van der Waals surface area contributed by atoms with Crippen LogP contribution in [0.15, 0.2) is 0 Å². The number of amides is 2. The molecule has 0 radical (unpaired) electrons. The van der Waals surface area contributed by atoms with Gasteiger partial charge in [-0.05, 0) is 18.4 Å². The fourth-order valence-electron chi connectivity index (χ4n) is 1.57.